The molecule has 17 heavy (non-hydrogen) atoms. The molecule has 0 aromatic carbocycles. The Labute approximate surface area is 98.6 Å². The number of unbranched alkanes of at least 4 members (excludes halogenated alkanes) is 1. The van der Waals surface area contributed by atoms with Crippen LogP contribution in [0.5, 0.6) is 0 Å². The van der Waals surface area contributed by atoms with Crippen molar-refractivity contribution in [2.24, 2.45) is 0 Å². The lowest BCUT2D eigenvalue weighted by atomic mass is 10.2. The summed E-state index contributed by atoms with van der Waals surface area (Å²) in [4.78, 5) is 31.8. The number of esters is 1. The first kappa shape index (κ1) is 15.2. The van der Waals surface area contributed by atoms with Gasteiger partial charge in [0.15, 0.2) is 0 Å². The van der Waals surface area contributed by atoms with E-state index in [9.17, 15) is 14.4 Å². The summed E-state index contributed by atoms with van der Waals surface area (Å²) in [7, 11) is 0. The Balaban J connectivity index is 3.40. The van der Waals surface area contributed by atoms with Gasteiger partial charge in [-0.1, -0.05) is 0 Å². The first-order chi connectivity index (χ1) is 8.06. The van der Waals surface area contributed by atoms with Crippen molar-refractivity contribution in [2.45, 2.75) is 32.6 Å². The van der Waals surface area contributed by atoms with E-state index < -0.39 is 24.9 Å². The normalized spacial score (nSPS) is 9.47. The molecule has 0 aromatic rings. The van der Waals surface area contributed by atoms with Crippen LogP contribution in [-0.4, -0.2) is 36.6 Å². The maximum Gasteiger partial charge on any atom is 0.511 e. The van der Waals surface area contributed by atoms with Gasteiger partial charge in [0, 0.05) is 12.8 Å². The highest BCUT2D eigenvalue weighted by Gasteiger charge is 2.06. The molecule has 0 aliphatic carbocycles. The molecule has 0 spiro atoms. The highest BCUT2D eigenvalue weighted by molar-refractivity contribution is 5.70. The number of rotatable bonds is 8. The summed E-state index contributed by atoms with van der Waals surface area (Å²) in [5.41, 5.74) is 0. The van der Waals surface area contributed by atoms with Gasteiger partial charge < -0.3 is 19.3 Å². The third-order valence-electron chi connectivity index (χ3n) is 1.68. The number of ether oxygens (including phenoxy) is 3. The zero-order chi connectivity index (χ0) is 13.1. The standard InChI is InChI=1S/C10H16O7/c1-2-15-10(14)17-7-16-9(13)6-4-3-5-8(11)12/h2-7H2,1H3,(H,11,12). The number of aliphatic carboxylic acids is 1. The number of hydrogen-bond donors (Lipinski definition) is 1. The van der Waals surface area contributed by atoms with Crippen molar-refractivity contribution >= 4 is 18.1 Å². The van der Waals surface area contributed by atoms with Gasteiger partial charge >= 0.3 is 18.1 Å². The number of carboxylic acids is 1. The van der Waals surface area contributed by atoms with E-state index in [1.807, 2.05) is 0 Å². The largest absolute Gasteiger partial charge is 0.511 e. The van der Waals surface area contributed by atoms with Gasteiger partial charge in [0.05, 0.1) is 6.61 Å². The second-order valence-corrected chi connectivity index (χ2v) is 3.06. The molecule has 7 nitrogen and oxygen atoms in total. The Bertz CT molecular complexity index is 261. The van der Waals surface area contributed by atoms with E-state index in [0.29, 0.717) is 12.8 Å². The van der Waals surface area contributed by atoms with Crippen LogP contribution in [0.2, 0.25) is 0 Å². The van der Waals surface area contributed by atoms with Crippen molar-refractivity contribution in [2.75, 3.05) is 13.4 Å². The molecule has 0 rings (SSSR count). The van der Waals surface area contributed by atoms with Gasteiger partial charge in [0.25, 0.3) is 0 Å². The van der Waals surface area contributed by atoms with E-state index in [1.165, 1.54) is 0 Å². The highest BCUT2D eigenvalue weighted by atomic mass is 16.8. The van der Waals surface area contributed by atoms with Crippen molar-refractivity contribution in [3.05, 3.63) is 0 Å². The van der Waals surface area contributed by atoms with Crippen LogP contribution in [-0.2, 0) is 23.8 Å². The Morgan fingerprint density at radius 2 is 1.65 bits per heavy atom. The van der Waals surface area contributed by atoms with E-state index in [-0.39, 0.29) is 19.4 Å². The average Bonchev–Trinajstić information content (AvgIpc) is 2.24. The van der Waals surface area contributed by atoms with E-state index in [0.717, 1.165) is 0 Å². The van der Waals surface area contributed by atoms with E-state index in [2.05, 4.69) is 14.2 Å². The van der Waals surface area contributed by atoms with E-state index >= 15 is 0 Å². The number of carbonyl (C=O) groups excluding carboxylic acids is 2. The van der Waals surface area contributed by atoms with Crippen LogP contribution >= 0.6 is 0 Å². The molecule has 0 bridgehead atoms. The monoisotopic (exact) mass is 248 g/mol. The molecule has 0 atom stereocenters. The minimum absolute atomic E-state index is 0.0204. The fourth-order valence-corrected chi connectivity index (χ4v) is 0.921. The van der Waals surface area contributed by atoms with Gasteiger partial charge in [0.2, 0.25) is 6.79 Å². The first-order valence-electron chi connectivity index (χ1n) is 5.23. The molecule has 1 N–H and O–H groups in total. The molecular formula is C10H16O7. The van der Waals surface area contributed by atoms with Crippen molar-refractivity contribution in [1.29, 1.82) is 0 Å². The lowest BCUT2D eigenvalue weighted by Crippen LogP contribution is -2.13. The first-order valence-corrected chi connectivity index (χ1v) is 5.23. The molecule has 0 aliphatic heterocycles. The third-order valence-corrected chi connectivity index (χ3v) is 1.68. The minimum atomic E-state index is -0.899. The summed E-state index contributed by atoms with van der Waals surface area (Å²) < 4.78 is 13.4. The SMILES string of the molecule is CCOC(=O)OCOC(=O)CCCCC(=O)O. The van der Waals surface area contributed by atoms with Crippen LogP contribution in [0.4, 0.5) is 4.79 Å². The smallest absolute Gasteiger partial charge is 0.481 e. The van der Waals surface area contributed by atoms with Gasteiger partial charge in [-0.05, 0) is 19.8 Å². The molecule has 0 saturated carbocycles. The zero-order valence-corrected chi connectivity index (χ0v) is 9.64. The molecule has 7 heteroatoms. The fourth-order valence-electron chi connectivity index (χ4n) is 0.921. The molecule has 0 heterocycles. The minimum Gasteiger partial charge on any atom is -0.481 e. The molecule has 0 amide bonds. The summed E-state index contributed by atoms with van der Waals surface area (Å²) >= 11 is 0. The van der Waals surface area contributed by atoms with Crippen LogP contribution in [0.1, 0.15) is 32.6 Å². The van der Waals surface area contributed by atoms with Crippen LogP contribution in [0.3, 0.4) is 0 Å². The maximum absolute atomic E-state index is 11.0. The van der Waals surface area contributed by atoms with Gasteiger partial charge in [-0.15, -0.1) is 0 Å². The summed E-state index contributed by atoms with van der Waals surface area (Å²) in [5, 5.41) is 8.34. The molecule has 98 valence electrons. The molecule has 0 radical (unpaired) electrons. The molecule has 0 aromatic heterocycles. The predicted molar refractivity (Wildman–Crippen MR) is 55.2 cm³/mol. The van der Waals surface area contributed by atoms with Crippen molar-refractivity contribution in [3.63, 3.8) is 0 Å². The maximum atomic E-state index is 11.0. The zero-order valence-electron chi connectivity index (χ0n) is 9.64. The van der Waals surface area contributed by atoms with Crippen molar-refractivity contribution in [3.8, 4) is 0 Å². The quantitative estimate of drug-likeness (QED) is 0.392. The Hall–Kier alpha value is -1.79. The molecular weight excluding hydrogens is 232 g/mol. The fraction of sp³-hybridized carbons (Fsp3) is 0.700. The van der Waals surface area contributed by atoms with Gasteiger partial charge in [-0.2, -0.15) is 0 Å². The topological polar surface area (TPSA) is 99.1 Å². The summed E-state index contributed by atoms with van der Waals surface area (Å²) in [6, 6.07) is 0. The summed E-state index contributed by atoms with van der Waals surface area (Å²) in [6.45, 7) is 1.31. The van der Waals surface area contributed by atoms with Crippen molar-refractivity contribution < 1.29 is 33.7 Å². The molecule has 0 saturated heterocycles. The van der Waals surface area contributed by atoms with Crippen LogP contribution in [0.15, 0.2) is 0 Å². The highest BCUT2D eigenvalue weighted by Crippen LogP contribution is 2.01. The third kappa shape index (κ3) is 10.5. The van der Waals surface area contributed by atoms with Gasteiger partial charge in [-0.25, -0.2) is 4.79 Å². The van der Waals surface area contributed by atoms with Crippen molar-refractivity contribution in [1.82, 2.24) is 0 Å². The summed E-state index contributed by atoms with van der Waals surface area (Å²) in [6.07, 6.45) is 0.0472. The van der Waals surface area contributed by atoms with E-state index in [4.69, 9.17) is 5.11 Å². The second kappa shape index (κ2) is 9.44. The number of carbonyl (C=O) groups is 3. The molecule has 0 aliphatic rings. The van der Waals surface area contributed by atoms with Gasteiger partial charge in [0.1, 0.15) is 0 Å². The van der Waals surface area contributed by atoms with Crippen LogP contribution < -0.4 is 0 Å². The lowest BCUT2D eigenvalue weighted by molar-refractivity contribution is -0.153. The predicted octanol–water partition coefficient (Wildman–Crippen LogP) is 1.31. The van der Waals surface area contributed by atoms with Gasteiger partial charge in [-0.3, -0.25) is 9.59 Å². The van der Waals surface area contributed by atoms with Crippen LogP contribution in [0.25, 0.3) is 0 Å². The Kier molecular flexibility index (Phi) is 8.44. The molecule has 0 unspecified atom stereocenters. The Morgan fingerprint density at radius 3 is 2.24 bits per heavy atom. The van der Waals surface area contributed by atoms with Crippen LogP contribution in [0, 0.1) is 0 Å². The lowest BCUT2D eigenvalue weighted by Gasteiger charge is -2.05. The summed E-state index contributed by atoms with van der Waals surface area (Å²) in [5.74, 6) is -1.44. The number of hydrogen-bond acceptors (Lipinski definition) is 6. The van der Waals surface area contributed by atoms with E-state index in [1.54, 1.807) is 6.92 Å². The number of carboxylic acid groups (broad SMARTS) is 1. The molecule has 0 fully saturated rings. The second-order valence-electron chi connectivity index (χ2n) is 3.06. The Morgan fingerprint density at radius 1 is 1.00 bits per heavy atom. The average molecular weight is 248 g/mol.